The van der Waals surface area contributed by atoms with E-state index < -0.39 is 34.0 Å². The smallest absolute Gasteiger partial charge is 0.325 e. The van der Waals surface area contributed by atoms with Crippen LogP contribution in [0.5, 0.6) is 0 Å². The molecule has 0 spiro atoms. The Morgan fingerprint density at radius 2 is 2.05 bits per heavy atom. The molecule has 0 bridgehead atoms. The van der Waals surface area contributed by atoms with E-state index in [9.17, 15) is 23.2 Å². The maximum Gasteiger partial charge on any atom is 0.342 e. The molecule has 1 aromatic heterocycles. The van der Waals surface area contributed by atoms with Crippen LogP contribution in [0.3, 0.4) is 0 Å². The van der Waals surface area contributed by atoms with Gasteiger partial charge in [0.1, 0.15) is 0 Å². The van der Waals surface area contributed by atoms with Gasteiger partial charge in [-0.05, 0) is 19.1 Å². The van der Waals surface area contributed by atoms with Crippen LogP contribution in [0.25, 0.3) is 0 Å². The number of aromatic amines is 2. The molecule has 1 amide bonds. The van der Waals surface area contributed by atoms with Crippen molar-refractivity contribution in [2.75, 3.05) is 5.32 Å². The number of hydrogen-bond acceptors (Lipinski definition) is 5. The van der Waals surface area contributed by atoms with E-state index in [0.29, 0.717) is 0 Å². The van der Waals surface area contributed by atoms with Crippen LogP contribution >= 0.6 is 11.8 Å². The number of amides is 1. The molecule has 10 heteroatoms. The van der Waals surface area contributed by atoms with Gasteiger partial charge in [-0.3, -0.25) is 14.6 Å². The highest BCUT2D eigenvalue weighted by molar-refractivity contribution is 8.00. The van der Waals surface area contributed by atoms with Crippen LogP contribution in [0, 0.1) is 11.6 Å². The van der Waals surface area contributed by atoms with E-state index in [-0.39, 0.29) is 10.7 Å². The molecule has 0 radical (unpaired) electrons. The van der Waals surface area contributed by atoms with Gasteiger partial charge in [-0.25, -0.2) is 18.7 Å². The van der Waals surface area contributed by atoms with E-state index in [4.69, 9.17) is 0 Å². The minimum Gasteiger partial charge on any atom is -0.325 e. The van der Waals surface area contributed by atoms with Crippen LogP contribution in [0.15, 0.2) is 32.8 Å². The Morgan fingerprint density at radius 3 is 2.68 bits per heavy atom. The molecule has 1 heterocycles. The number of nitrogens with one attached hydrogen (secondary N) is 3. The standard InChI is InChI=1S/C12H10F2N4O3S/c1-5(22-11-10(20)16-12(21)18-17-11)9(19)15-6-2-3-7(13)8(14)4-6/h2-5H,1H3,(H,15,19)(H2,16,18,20,21). The van der Waals surface area contributed by atoms with Crippen molar-refractivity contribution in [3.05, 3.63) is 50.7 Å². The number of nitrogens with zero attached hydrogens (tertiary/aromatic N) is 1. The van der Waals surface area contributed by atoms with Gasteiger partial charge in [-0.15, -0.1) is 0 Å². The highest BCUT2D eigenvalue weighted by Gasteiger charge is 2.18. The highest BCUT2D eigenvalue weighted by Crippen LogP contribution is 2.19. The molecular formula is C12H10F2N4O3S. The van der Waals surface area contributed by atoms with Crippen molar-refractivity contribution in [2.24, 2.45) is 0 Å². The molecule has 2 rings (SSSR count). The summed E-state index contributed by atoms with van der Waals surface area (Å²) < 4.78 is 25.8. The lowest BCUT2D eigenvalue weighted by molar-refractivity contribution is -0.115. The molecule has 0 saturated carbocycles. The number of benzene rings is 1. The Labute approximate surface area is 126 Å². The maximum absolute atomic E-state index is 13.0. The van der Waals surface area contributed by atoms with Crippen LogP contribution in [-0.2, 0) is 4.79 Å². The summed E-state index contributed by atoms with van der Waals surface area (Å²) in [4.78, 5) is 36.2. The fraction of sp³-hybridized carbons (Fsp3) is 0.167. The summed E-state index contributed by atoms with van der Waals surface area (Å²) in [7, 11) is 0. The van der Waals surface area contributed by atoms with E-state index >= 15 is 0 Å². The summed E-state index contributed by atoms with van der Waals surface area (Å²) in [5.74, 6) is -2.65. The molecule has 0 saturated heterocycles. The number of carbonyl (C=O) groups is 1. The highest BCUT2D eigenvalue weighted by atomic mass is 32.2. The number of carbonyl (C=O) groups excluding carboxylic acids is 1. The first kappa shape index (κ1) is 15.9. The molecule has 3 N–H and O–H groups in total. The average Bonchev–Trinajstić information content (AvgIpc) is 2.45. The van der Waals surface area contributed by atoms with Gasteiger partial charge in [-0.1, -0.05) is 11.8 Å². The van der Waals surface area contributed by atoms with E-state index in [1.807, 2.05) is 10.1 Å². The monoisotopic (exact) mass is 328 g/mol. The van der Waals surface area contributed by atoms with Crippen LogP contribution in [0.1, 0.15) is 6.92 Å². The SMILES string of the molecule is CC(Sc1n[nH]c(=O)[nH]c1=O)C(=O)Nc1ccc(F)c(F)c1. The first-order valence-electron chi connectivity index (χ1n) is 5.98. The number of rotatable bonds is 4. The Hall–Kier alpha value is -2.49. The molecule has 0 aliphatic rings. The van der Waals surface area contributed by atoms with Gasteiger partial charge in [0.25, 0.3) is 5.56 Å². The zero-order chi connectivity index (χ0) is 16.3. The van der Waals surface area contributed by atoms with E-state index in [1.165, 1.54) is 13.0 Å². The lowest BCUT2D eigenvalue weighted by Crippen LogP contribution is -2.28. The fourth-order valence-corrected chi connectivity index (χ4v) is 2.21. The third-order valence-corrected chi connectivity index (χ3v) is 3.59. The first-order chi connectivity index (χ1) is 10.4. The third-order valence-electron chi connectivity index (χ3n) is 2.53. The molecule has 1 atom stereocenters. The maximum atomic E-state index is 13.0. The van der Waals surface area contributed by atoms with Gasteiger partial charge in [0, 0.05) is 11.8 Å². The molecule has 0 aliphatic heterocycles. The van der Waals surface area contributed by atoms with Crippen molar-refractivity contribution in [3.63, 3.8) is 0 Å². The molecule has 22 heavy (non-hydrogen) atoms. The topological polar surface area (TPSA) is 108 Å². The summed E-state index contributed by atoms with van der Waals surface area (Å²) >= 11 is 0.809. The Morgan fingerprint density at radius 1 is 1.32 bits per heavy atom. The van der Waals surface area contributed by atoms with Crippen molar-refractivity contribution >= 4 is 23.4 Å². The number of H-pyrrole nitrogens is 2. The van der Waals surface area contributed by atoms with Crippen LogP contribution < -0.4 is 16.6 Å². The van der Waals surface area contributed by atoms with Crippen molar-refractivity contribution in [1.29, 1.82) is 0 Å². The lowest BCUT2D eigenvalue weighted by Gasteiger charge is -2.11. The Balaban J connectivity index is 2.07. The second-order valence-electron chi connectivity index (χ2n) is 4.19. The average molecular weight is 328 g/mol. The fourth-order valence-electron chi connectivity index (χ4n) is 1.46. The molecular weight excluding hydrogens is 318 g/mol. The van der Waals surface area contributed by atoms with Gasteiger partial charge >= 0.3 is 5.69 Å². The molecule has 1 aromatic carbocycles. The Bertz CT molecular complexity index is 821. The number of halogens is 2. The second-order valence-corrected chi connectivity index (χ2v) is 5.52. The summed E-state index contributed by atoms with van der Waals surface area (Å²) in [6.45, 7) is 1.49. The van der Waals surface area contributed by atoms with Gasteiger partial charge in [0.15, 0.2) is 16.7 Å². The van der Waals surface area contributed by atoms with Gasteiger partial charge in [0.2, 0.25) is 5.91 Å². The largest absolute Gasteiger partial charge is 0.342 e. The number of aromatic nitrogens is 3. The minimum atomic E-state index is -1.09. The predicted molar refractivity (Wildman–Crippen MR) is 75.8 cm³/mol. The summed E-state index contributed by atoms with van der Waals surface area (Å²) in [5, 5.41) is 7.10. The lowest BCUT2D eigenvalue weighted by atomic mass is 10.3. The van der Waals surface area contributed by atoms with Gasteiger partial charge in [0.05, 0.1) is 5.25 Å². The molecule has 1 unspecified atom stereocenters. The van der Waals surface area contributed by atoms with Crippen molar-refractivity contribution in [3.8, 4) is 0 Å². The van der Waals surface area contributed by atoms with Crippen LogP contribution in [0.4, 0.5) is 14.5 Å². The van der Waals surface area contributed by atoms with Gasteiger partial charge < -0.3 is 5.32 Å². The number of anilines is 1. The van der Waals surface area contributed by atoms with Crippen molar-refractivity contribution in [1.82, 2.24) is 15.2 Å². The van der Waals surface area contributed by atoms with Crippen LogP contribution in [-0.4, -0.2) is 26.3 Å². The van der Waals surface area contributed by atoms with Crippen LogP contribution in [0.2, 0.25) is 0 Å². The quantitative estimate of drug-likeness (QED) is 0.721. The van der Waals surface area contributed by atoms with E-state index in [1.54, 1.807) is 0 Å². The van der Waals surface area contributed by atoms with E-state index in [2.05, 4.69) is 10.4 Å². The summed E-state index contributed by atoms with van der Waals surface area (Å²) in [6.07, 6.45) is 0. The zero-order valence-corrected chi connectivity index (χ0v) is 12.0. The number of hydrogen-bond donors (Lipinski definition) is 3. The molecule has 116 valence electrons. The third kappa shape index (κ3) is 3.79. The Kier molecular flexibility index (Phi) is 4.71. The normalized spacial score (nSPS) is 12.0. The minimum absolute atomic E-state index is 0.0830. The number of thioether (sulfide) groups is 1. The van der Waals surface area contributed by atoms with E-state index in [0.717, 1.165) is 23.9 Å². The molecule has 7 nitrogen and oxygen atoms in total. The van der Waals surface area contributed by atoms with Crippen molar-refractivity contribution in [2.45, 2.75) is 17.2 Å². The molecule has 0 fully saturated rings. The predicted octanol–water partition coefficient (Wildman–Crippen LogP) is 0.856. The molecule has 0 aliphatic carbocycles. The molecule has 2 aromatic rings. The van der Waals surface area contributed by atoms with Gasteiger partial charge in [-0.2, -0.15) is 5.10 Å². The zero-order valence-electron chi connectivity index (χ0n) is 11.1. The summed E-state index contributed by atoms with van der Waals surface area (Å²) in [6, 6.07) is 2.94. The second kappa shape index (κ2) is 6.52. The first-order valence-corrected chi connectivity index (χ1v) is 6.86. The summed E-state index contributed by atoms with van der Waals surface area (Å²) in [5.41, 5.74) is -1.39. The van der Waals surface area contributed by atoms with Crippen molar-refractivity contribution < 1.29 is 13.6 Å².